The number of benzene rings is 1. The molecule has 1 saturated heterocycles. The third kappa shape index (κ3) is 5.95. The van der Waals surface area contributed by atoms with E-state index in [0.29, 0.717) is 24.4 Å². The Bertz CT molecular complexity index is 1080. The number of aromatic nitrogens is 1. The summed E-state index contributed by atoms with van der Waals surface area (Å²) in [5.41, 5.74) is 0.315. The Balaban J connectivity index is 1.63. The van der Waals surface area contributed by atoms with E-state index in [-0.39, 0.29) is 48.7 Å². The highest BCUT2D eigenvalue weighted by molar-refractivity contribution is 7.89. The van der Waals surface area contributed by atoms with E-state index in [2.05, 4.69) is 10.5 Å². The minimum absolute atomic E-state index is 0.0815. The fraction of sp³-hybridized carbons (Fsp3) is 0.522. The van der Waals surface area contributed by atoms with Crippen LogP contribution < -0.4 is 10.1 Å². The highest BCUT2D eigenvalue weighted by Gasteiger charge is 2.35. The number of rotatable bonds is 8. The van der Waals surface area contributed by atoms with Crippen molar-refractivity contribution in [1.82, 2.24) is 19.7 Å². The molecule has 0 aliphatic carbocycles. The first-order valence-corrected chi connectivity index (χ1v) is 12.7. The van der Waals surface area contributed by atoms with Gasteiger partial charge in [-0.15, -0.1) is 0 Å². The molecule has 0 bridgehead atoms. The maximum Gasteiger partial charge on any atom is 0.258 e. The molecule has 1 N–H and O–H groups in total. The predicted octanol–water partition coefficient (Wildman–Crippen LogP) is 1.73. The number of ether oxygens (including phenoxy) is 1. The summed E-state index contributed by atoms with van der Waals surface area (Å²) in [7, 11) is -3.79. The molecule has 0 radical (unpaired) electrons. The average molecular weight is 493 g/mol. The molecule has 0 spiro atoms. The smallest absolute Gasteiger partial charge is 0.258 e. The Morgan fingerprint density at radius 2 is 1.82 bits per heavy atom. The van der Waals surface area contributed by atoms with E-state index < -0.39 is 22.0 Å². The van der Waals surface area contributed by atoms with Gasteiger partial charge in [0.15, 0.2) is 12.4 Å². The Labute approximate surface area is 200 Å². The summed E-state index contributed by atoms with van der Waals surface area (Å²) < 4.78 is 38.2. The normalized spacial score (nSPS) is 16.2. The lowest BCUT2D eigenvalue weighted by molar-refractivity contribution is -0.138. The molecular formula is C23H32N4O6S. The van der Waals surface area contributed by atoms with E-state index in [1.165, 1.54) is 4.31 Å². The topological polar surface area (TPSA) is 122 Å². The van der Waals surface area contributed by atoms with Crippen LogP contribution in [-0.4, -0.2) is 73.4 Å². The van der Waals surface area contributed by atoms with Gasteiger partial charge in [0.2, 0.25) is 15.9 Å². The summed E-state index contributed by atoms with van der Waals surface area (Å²) in [5, 5.41) is 6.53. The van der Waals surface area contributed by atoms with Crippen LogP contribution in [-0.2, 0) is 19.6 Å². The fourth-order valence-electron chi connectivity index (χ4n) is 3.92. The molecule has 1 atom stereocenters. The molecule has 2 amide bonds. The van der Waals surface area contributed by atoms with E-state index in [4.69, 9.17) is 9.26 Å². The summed E-state index contributed by atoms with van der Waals surface area (Å²) in [6.07, 6.45) is 0.476. The Morgan fingerprint density at radius 3 is 2.44 bits per heavy atom. The number of nitrogens with one attached hydrogen (secondary N) is 1. The van der Waals surface area contributed by atoms with Crippen molar-refractivity contribution in [2.24, 2.45) is 5.92 Å². The van der Waals surface area contributed by atoms with Gasteiger partial charge >= 0.3 is 0 Å². The molecule has 186 valence electrons. The lowest BCUT2D eigenvalue weighted by atomic mass is 10.0. The largest absolute Gasteiger partial charge is 0.484 e. The van der Waals surface area contributed by atoms with Crippen molar-refractivity contribution in [2.75, 3.05) is 32.8 Å². The van der Waals surface area contributed by atoms with Gasteiger partial charge in [-0.25, -0.2) is 8.42 Å². The number of carbonyl (C=O) groups is 2. The predicted molar refractivity (Wildman–Crippen MR) is 125 cm³/mol. The second-order valence-corrected chi connectivity index (χ2v) is 10.5. The Hall–Kier alpha value is -2.92. The summed E-state index contributed by atoms with van der Waals surface area (Å²) in [5.74, 6) is 0.0266. The molecule has 1 aliphatic heterocycles. The van der Waals surface area contributed by atoms with Crippen molar-refractivity contribution < 1.29 is 27.3 Å². The summed E-state index contributed by atoms with van der Waals surface area (Å²) in [6, 6.07) is 8.22. The molecular weight excluding hydrogens is 460 g/mol. The monoisotopic (exact) mass is 492 g/mol. The number of carbonyl (C=O) groups excluding carboxylic acids is 2. The van der Waals surface area contributed by atoms with Gasteiger partial charge in [-0.3, -0.25) is 9.59 Å². The van der Waals surface area contributed by atoms with Crippen LogP contribution in [0.15, 0.2) is 39.8 Å². The lowest BCUT2D eigenvalue weighted by Gasteiger charge is -2.29. The van der Waals surface area contributed by atoms with Crippen molar-refractivity contribution in [2.45, 2.75) is 45.1 Å². The van der Waals surface area contributed by atoms with E-state index in [1.807, 2.05) is 32.0 Å². The SMILES string of the molecule is Cc1noc(C)c1S(=O)(=O)N1CCCN(C(=O)[C@@H](NC(=O)COc2ccccc2)C(C)C)CC1. The van der Waals surface area contributed by atoms with E-state index in [0.717, 1.165) is 0 Å². The molecule has 1 aliphatic rings. The Kier molecular flexibility index (Phi) is 8.32. The third-order valence-corrected chi connectivity index (χ3v) is 7.84. The zero-order valence-corrected chi connectivity index (χ0v) is 20.8. The first kappa shape index (κ1) is 25.7. The quantitative estimate of drug-likeness (QED) is 0.595. The van der Waals surface area contributed by atoms with Crippen molar-refractivity contribution in [3.05, 3.63) is 41.8 Å². The van der Waals surface area contributed by atoms with Crippen molar-refractivity contribution in [3.8, 4) is 5.75 Å². The van der Waals surface area contributed by atoms with E-state index in [9.17, 15) is 18.0 Å². The maximum absolute atomic E-state index is 13.3. The van der Waals surface area contributed by atoms with Crippen LogP contribution in [0, 0.1) is 19.8 Å². The number of aryl methyl sites for hydroxylation is 2. The van der Waals surface area contributed by atoms with Crippen molar-refractivity contribution in [1.29, 1.82) is 0 Å². The number of hydrogen-bond donors (Lipinski definition) is 1. The molecule has 0 saturated carbocycles. The number of amides is 2. The second kappa shape index (κ2) is 11.0. The van der Waals surface area contributed by atoms with Gasteiger partial charge in [-0.2, -0.15) is 4.31 Å². The van der Waals surface area contributed by atoms with Crippen LogP contribution in [0.2, 0.25) is 0 Å². The molecule has 2 heterocycles. The van der Waals surface area contributed by atoms with Crippen molar-refractivity contribution >= 4 is 21.8 Å². The lowest BCUT2D eigenvalue weighted by Crippen LogP contribution is -2.53. The van der Waals surface area contributed by atoms with Crippen LogP contribution >= 0.6 is 0 Å². The first-order chi connectivity index (χ1) is 16.1. The fourth-order valence-corrected chi connectivity index (χ4v) is 5.68. The first-order valence-electron chi connectivity index (χ1n) is 11.3. The van der Waals surface area contributed by atoms with Gasteiger partial charge in [-0.05, 0) is 38.3 Å². The minimum atomic E-state index is -3.79. The molecule has 1 aromatic carbocycles. The summed E-state index contributed by atoms with van der Waals surface area (Å²) >= 11 is 0. The van der Waals surface area contributed by atoms with Crippen LogP contribution in [0.4, 0.5) is 0 Å². The van der Waals surface area contributed by atoms with Gasteiger partial charge in [0.25, 0.3) is 5.91 Å². The molecule has 1 fully saturated rings. The van der Waals surface area contributed by atoms with Crippen LogP contribution in [0.1, 0.15) is 31.7 Å². The van der Waals surface area contributed by atoms with Crippen LogP contribution in [0.3, 0.4) is 0 Å². The summed E-state index contributed by atoms with van der Waals surface area (Å²) in [4.78, 5) is 27.4. The Morgan fingerprint density at radius 1 is 1.12 bits per heavy atom. The standard InChI is InChI=1S/C23H32N4O6S/c1-16(2)21(24-20(28)15-32-19-9-6-5-7-10-19)23(29)26-11-8-12-27(14-13-26)34(30,31)22-17(3)25-33-18(22)4/h5-7,9-10,16,21H,8,11-15H2,1-4H3,(H,24,28)/t21-/m0/s1. The molecule has 0 unspecified atom stereocenters. The molecule has 10 nitrogen and oxygen atoms in total. The summed E-state index contributed by atoms with van der Waals surface area (Å²) in [6.45, 7) is 7.71. The number of hydrogen-bond acceptors (Lipinski definition) is 7. The van der Waals surface area contributed by atoms with Gasteiger partial charge in [0, 0.05) is 26.2 Å². The minimum Gasteiger partial charge on any atom is -0.484 e. The van der Waals surface area contributed by atoms with Gasteiger partial charge < -0.3 is 19.5 Å². The van der Waals surface area contributed by atoms with Gasteiger partial charge in [0.1, 0.15) is 22.4 Å². The zero-order chi connectivity index (χ0) is 24.9. The number of sulfonamides is 1. The average Bonchev–Trinajstić information content (AvgIpc) is 3.00. The van der Waals surface area contributed by atoms with Gasteiger partial charge in [0.05, 0.1) is 0 Å². The van der Waals surface area contributed by atoms with Crippen LogP contribution in [0.5, 0.6) is 5.75 Å². The highest BCUT2D eigenvalue weighted by atomic mass is 32.2. The second-order valence-electron chi connectivity index (χ2n) is 8.63. The number of nitrogens with zero attached hydrogens (tertiary/aromatic N) is 3. The molecule has 11 heteroatoms. The third-order valence-electron chi connectivity index (χ3n) is 5.69. The molecule has 2 aromatic rings. The van der Waals surface area contributed by atoms with E-state index >= 15 is 0 Å². The molecule has 1 aromatic heterocycles. The van der Waals surface area contributed by atoms with Crippen molar-refractivity contribution in [3.63, 3.8) is 0 Å². The van der Waals surface area contributed by atoms with Gasteiger partial charge in [-0.1, -0.05) is 37.2 Å². The van der Waals surface area contributed by atoms with E-state index in [1.54, 1.807) is 30.9 Å². The zero-order valence-electron chi connectivity index (χ0n) is 20.0. The number of para-hydroxylation sites is 1. The molecule has 34 heavy (non-hydrogen) atoms. The van der Waals surface area contributed by atoms with Crippen LogP contribution in [0.25, 0.3) is 0 Å². The maximum atomic E-state index is 13.3. The molecule has 3 rings (SSSR count). The highest BCUT2D eigenvalue weighted by Crippen LogP contribution is 2.24.